The van der Waals surface area contributed by atoms with Gasteiger partial charge in [-0.05, 0) is 43.5 Å². The Bertz CT molecular complexity index is 830. The molecule has 0 aliphatic carbocycles. The Hall–Kier alpha value is -2.09. The highest BCUT2D eigenvalue weighted by Gasteiger charge is 2.06. The summed E-state index contributed by atoms with van der Waals surface area (Å²) in [6.07, 6.45) is 4.33. The molecule has 0 atom stereocenters. The molecule has 0 saturated heterocycles. The summed E-state index contributed by atoms with van der Waals surface area (Å²) in [6.45, 7) is 3.77. The Morgan fingerprint density at radius 3 is 2.84 bits per heavy atom. The fourth-order valence-electron chi connectivity index (χ4n) is 2.53. The van der Waals surface area contributed by atoms with Gasteiger partial charge in [0.05, 0.1) is 5.75 Å². The number of fused-ring (bicyclic) bond motifs is 1. The lowest BCUT2D eigenvalue weighted by Gasteiger charge is -2.11. The van der Waals surface area contributed by atoms with Crippen molar-refractivity contribution in [2.24, 2.45) is 4.99 Å². The fourth-order valence-corrected chi connectivity index (χ4v) is 3.19. The smallest absolute Gasteiger partial charge is 0.191 e. The second kappa shape index (κ2) is 8.84. The highest BCUT2D eigenvalue weighted by atomic mass is 32.2. The number of aromatic amines is 1. The van der Waals surface area contributed by atoms with E-state index in [1.165, 1.54) is 18.4 Å². The predicted molar refractivity (Wildman–Crippen MR) is 100 cm³/mol. The highest BCUT2D eigenvalue weighted by Crippen LogP contribution is 2.19. The summed E-state index contributed by atoms with van der Waals surface area (Å²) in [5, 5.41) is 7.23. The van der Waals surface area contributed by atoms with E-state index < -0.39 is 9.84 Å². The monoisotopic (exact) mass is 368 g/mol. The first-order valence-corrected chi connectivity index (χ1v) is 10.4. The van der Waals surface area contributed by atoms with E-state index >= 15 is 0 Å². The van der Waals surface area contributed by atoms with Gasteiger partial charge in [-0.2, -0.15) is 0 Å². The minimum Gasteiger partial charge on any atom is -0.361 e. The molecule has 1 aromatic carbocycles. The molecule has 8 heteroatoms. The summed E-state index contributed by atoms with van der Waals surface area (Å²) in [7, 11) is -2.95. The maximum absolute atomic E-state index is 13.4. The van der Waals surface area contributed by atoms with Crippen LogP contribution in [0.5, 0.6) is 0 Å². The molecule has 1 aromatic heterocycles. The van der Waals surface area contributed by atoms with Gasteiger partial charge in [-0.3, -0.25) is 4.99 Å². The van der Waals surface area contributed by atoms with Gasteiger partial charge in [-0.25, -0.2) is 12.8 Å². The maximum Gasteiger partial charge on any atom is 0.191 e. The number of hydrogen-bond donors (Lipinski definition) is 3. The number of guanidine groups is 1. The second-order valence-electron chi connectivity index (χ2n) is 5.92. The number of hydrogen-bond acceptors (Lipinski definition) is 3. The molecule has 2 rings (SSSR count). The Kier molecular flexibility index (Phi) is 6.81. The van der Waals surface area contributed by atoms with E-state index in [9.17, 15) is 12.8 Å². The van der Waals surface area contributed by atoms with Gasteiger partial charge < -0.3 is 15.6 Å². The first-order valence-electron chi connectivity index (χ1n) is 8.34. The van der Waals surface area contributed by atoms with Crippen molar-refractivity contribution >= 4 is 26.7 Å². The van der Waals surface area contributed by atoms with Crippen LogP contribution in [-0.2, 0) is 16.3 Å². The zero-order chi connectivity index (χ0) is 18.3. The molecule has 0 aliphatic heterocycles. The molecular formula is C17H25FN4O2S. The number of nitrogens with zero attached hydrogens (tertiary/aromatic N) is 1. The van der Waals surface area contributed by atoms with Crippen molar-refractivity contribution < 1.29 is 12.8 Å². The molecule has 138 valence electrons. The van der Waals surface area contributed by atoms with E-state index in [2.05, 4.69) is 20.6 Å². The van der Waals surface area contributed by atoms with Crippen molar-refractivity contribution in [3.63, 3.8) is 0 Å². The lowest BCUT2D eigenvalue weighted by molar-refractivity contribution is 0.599. The molecular weight excluding hydrogens is 343 g/mol. The van der Waals surface area contributed by atoms with E-state index in [0.717, 1.165) is 29.4 Å². The highest BCUT2D eigenvalue weighted by molar-refractivity contribution is 7.90. The third kappa shape index (κ3) is 6.38. The molecule has 0 saturated carbocycles. The van der Waals surface area contributed by atoms with Crippen molar-refractivity contribution in [1.82, 2.24) is 15.6 Å². The topological polar surface area (TPSA) is 86.3 Å². The van der Waals surface area contributed by atoms with Crippen molar-refractivity contribution in [3.8, 4) is 0 Å². The van der Waals surface area contributed by atoms with Gasteiger partial charge in [-0.1, -0.05) is 0 Å². The lowest BCUT2D eigenvalue weighted by Crippen LogP contribution is -2.38. The van der Waals surface area contributed by atoms with Gasteiger partial charge >= 0.3 is 0 Å². The third-order valence-electron chi connectivity index (χ3n) is 3.70. The van der Waals surface area contributed by atoms with E-state index in [4.69, 9.17) is 0 Å². The van der Waals surface area contributed by atoms with Gasteiger partial charge in [0.15, 0.2) is 5.96 Å². The van der Waals surface area contributed by atoms with Gasteiger partial charge in [0.1, 0.15) is 15.7 Å². The SMILES string of the molecule is CCNC(=NCCCS(C)(=O)=O)NCCc1c[nH]c2ccc(F)cc12. The molecule has 6 nitrogen and oxygen atoms in total. The second-order valence-corrected chi connectivity index (χ2v) is 8.18. The van der Waals surface area contributed by atoms with Crippen LogP contribution in [-0.4, -0.2) is 51.0 Å². The van der Waals surface area contributed by atoms with Crippen LogP contribution in [0.1, 0.15) is 18.9 Å². The average molecular weight is 368 g/mol. The number of aliphatic imine (C=N–C) groups is 1. The molecule has 25 heavy (non-hydrogen) atoms. The minimum atomic E-state index is -2.95. The van der Waals surface area contributed by atoms with Crippen LogP contribution in [0, 0.1) is 5.82 Å². The Labute approximate surface area is 147 Å². The van der Waals surface area contributed by atoms with E-state index in [1.807, 2.05) is 13.1 Å². The van der Waals surface area contributed by atoms with Gasteiger partial charge in [0.25, 0.3) is 0 Å². The first kappa shape index (κ1) is 19.2. The number of H-pyrrole nitrogens is 1. The van der Waals surface area contributed by atoms with Crippen LogP contribution in [0.2, 0.25) is 0 Å². The third-order valence-corrected chi connectivity index (χ3v) is 4.73. The summed E-state index contributed by atoms with van der Waals surface area (Å²) < 4.78 is 35.7. The summed E-state index contributed by atoms with van der Waals surface area (Å²) in [6, 6.07) is 4.70. The summed E-state index contributed by atoms with van der Waals surface area (Å²) in [5.41, 5.74) is 1.95. The molecule has 3 N–H and O–H groups in total. The quantitative estimate of drug-likeness (QED) is 0.377. The maximum atomic E-state index is 13.4. The normalized spacial score (nSPS) is 12.5. The fraction of sp³-hybridized carbons (Fsp3) is 0.471. The summed E-state index contributed by atoms with van der Waals surface area (Å²) in [5.74, 6) is 0.542. The Morgan fingerprint density at radius 2 is 2.12 bits per heavy atom. The van der Waals surface area contributed by atoms with E-state index in [-0.39, 0.29) is 11.6 Å². The Morgan fingerprint density at radius 1 is 1.32 bits per heavy atom. The number of rotatable bonds is 8. The zero-order valence-electron chi connectivity index (χ0n) is 14.6. The number of aromatic nitrogens is 1. The number of sulfone groups is 1. The van der Waals surface area contributed by atoms with Crippen molar-refractivity contribution in [1.29, 1.82) is 0 Å². The van der Waals surface area contributed by atoms with E-state index in [1.54, 1.807) is 6.07 Å². The van der Waals surface area contributed by atoms with Crippen LogP contribution < -0.4 is 10.6 Å². The molecule has 0 bridgehead atoms. The molecule has 2 aromatic rings. The van der Waals surface area contributed by atoms with Crippen LogP contribution in [0.4, 0.5) is 4.39 Å². The van der Waals surface area contributed by atoms with E-state index in [0.29, 0.717) is 25.5 Å². The molecule has 0 amide bonds. The number of halogens is 1. The van der Waals surface area contributed by atoms with Crippen LogP contribution in [0.25, 0.3) is 10.9 Å². The summed E-state index contributed by atoms with van der Waals surface area (Å²) >= 11 is 0. The van der Waals surface area contributed by atoms with Crippen LogP contribution in [0.15, 0.2) is 29.4 Å². The van der Waals surface area contributed by atoms with Crippen molar-refractivity contribution in [2.75, 3.05) is 31.6 Å². The summed E-state index contributed by atoms with van der Waals surface area (Å²) in [4.78, 5) is 7.51. The zero-order valence-corrected chi connectivity index (χ0v) is 15.4. The van der Waals surface area contributed by atoms with Gasteiger partial charge in [0, 0.05) is 43.0 Å². The molecule has 0 fully saturated rings. The molecule has 0 aliphatic rings. The van der Waals surface area contributed by atoms with Gasteiger partial charge in [0.2, 0.25) is 0 Å². The molecule has 0 unspecified atom stereocenters. The number of benzene rings is 1. The number of nitrogens with one attached hydrogen (secondary N) is 3. The average Bonchev–Trinajstić information content (AvgIpc) is 2.93. The van der Waals surface area contributed by atoms with Crippen molar-refractivity contribution in [2.45, 2.75) is 19.8 Å². The minimum absolute atomic E-state index is 0.136. The largest absolute Gasteiger partial charge is 0.361 e. The van der Waals surface area contributed by atoms with Crippen LogP contribution >= 0.6 is 0 Å². The molecule has 1 heterocycles. The van der Waals surface area contributed by atoms with Gasteiger partial charge in [-0.15, -0.1) is 0 Å². The molecule has 0 spiro atoms. The predicted octanol–water partition coefficient (Wildman–Crippen LogP) is 1.84. The molecule has 0 radical (unpaired) electrons. The first-order chi connectivity index (χ1) is 11.9. The van der Waals surface area contributed by atoms with Crippen LogP contribution in [0.3, 0.4) is 0 Å². The standard InChI is InChI=1S/C17H25FN4O2S/c1-3-19-17(20-8-4-10-25(2,23)24)21-9-7-13-12-22-16-6-5-14(18)11-15(13)16/h5-6,11-12,22H,3-4,7-10H2,1-2H3,(H2,19,20,21). The Balaban J connectivity index is 1.88. The van der Waals surface area contributed by atoms with Crippen molar-refractivity contribution in [3.05, 3.63) is 35.8 Å². The lowest BCUT2D eigenvalue weighted by atomic mass is 10.1.